The van der Waals surface area contributed by atoms with Crippen LogP contribution in [0.2, 0.25) is 0 Å². The minimum Gasteiger partial charge on any atom is -0.349 e. The molecular formula is C14H22N6O. The van der Waals surface area contributed by atoms with Crippen LogP contribution in [-0.4, -0.2) is 30.5 Å². The van der Waals surface area contributed by atoms with Crippen LogP contribution in [0.25, 0.3) is 0 Å². The molecule has 7 heteroatoms. The van der Waals surface area contributed by atoms with E-state index in [1.54, 1.807) is 6.33 Å². The molecule has 114 valence electrons. The van der Waals surface area contributed by atoms with Crippen molar-refractivity contribution in [1.29, 1.82) is 0 Å². The number of hydrogen-bond donors (Lipinski definition) is 1. The molecule has 0 spiro atoms. The molecule has 2 aromatic heterocycles. The monoisotopic (exact) mass is 290 g/mol. The highest BCUT2D eigenvalue weighted by Crippen LogP contribution is 2.13. The fraction of sp³-hybridized carbons (Fsp3) is 0.571. The highest BCUT2D eigenvalue weighted by atomic mass is 16.1. The first-order valence-corrected chi connectivity index (χ1v) is 7.15. The van der Waals surface area contributed by atoms with Crippen LogP contribution >= 0.6 is 0 Å². The third-order valence-electron chi connectivity index (χ3n) is 3.74. The minimum absolute atomic E-state index is 0.0170. The van der Waals surface area contributed by atoms with Gasteiger partial charge < -0.3 is 9.88 Å². The molecule has 2 aromatic rings. The molecule has 1 N–H and O–H groups in total. The van der Waals surface area contributed by atoms with Crippen LogP contribution in [0.15, 0.2) is 6.33 Å². The van der Waals surface area contributed by atoms with Gasteiger partial charge in [-0.05, 0) is 32.8 Å². The summed E-state index contributed by atoms with van der Waals surface area (Å²) >= 11 is 0. The van der Waals surface area contributed by atoms with Crippen molar-refractivity contribution in [1.82, 2.24) is 29.9 Å². The normalized spacial score (nSPS) is 10.9. The Bertz CT molecular complexity index is 627. The van der Waals surface area contributed by atoms with Crippen LogP contribution < -0.4 is 5.32 Å². The average Bonchev–Trinajstić information content (AvgIpc) is 3.00. The van der Waals surface area contributed by atoms with E-state index in [0.29, 0.717) is 19.4 Å². The van der Waals surface area contributed by atoms with Gasteiger partial charge in [-0.3, -0.25) is 9.48 Å². The number of nitrogens with one attached hydrogen (secondary N) is 1. The molecule has 0 aromatic carbocycles. The molecule has 0 atom stereocenters. The number of carbonyl (C=O) groups is 1. The number of nitrogens with zero attached hydrogens (tertiary/aromatic N) is 5. The van der Waals surface area contributed by atoms with E-state index in [9.17, 15) is 4.79 Å². The molecule has 0 bridgehead atoms. The Hall–Kier alpha value is -2.18. The molecule has 0 aliphatic heterocycles. The van der Waals surface area contributed by atoms with E-state index in [1.807, 2.05) is 37.1 Å². The molecule has 0 saturated heterocycles. The lowest BCUT2D eigenvalue weighted by Crippen LogP contribution is -2.25. The Morgan fingerprint density at radius 2 is 2.14 bits per heavy atom. The van der Waals surface area contributed by atoms with Gasteiger partial charge >= 0.3 is 0 Å². The lowest BCUT2D eigenvalue weighted by atomic mass is 10.1. The topological polar surface area (TPSA) is 77.6 Å². The maximum Gasteiger partial charge on any atom is 0.220 e. The lowest BCUT2D eigenvalue weighted by Gasteiger charge is -2.06. The van der Waals surface area contributed by atoms with Gasteiger partial charge in [-0.15, -0.1) is 10.2 Å². The predicted molar refractivity (Wildman–Crippen MR) is 78.5 cm³/mol. The Labute approximate surface area is 124 Å². The summed E-state index contributed by atoms with van der Waals surface area (Å²) in [6.07, 6.45) is 2.83. The summed E-state index contributed by atoms with van der Waals surface area (Å²) in [6, 6.07) is 0. The van der Waals surface area contributed by atoms with Gasteiger partial charge in [0.15, 0.2) is 5.82 Å². The van der Waals surface area contributed by atoms with Crippen molar-refractivity contribution < 1.29 is 4.79 Å². The van der Waals surface area contributed by atoms with E-state index in [-0.39, 0.29) is 5.91 Å². The van der Waals surface area contributed by atoms with E-state index in [0.717, 1.165) is 29.3 Å². The molecule has 0 radical (unpaired) electrons. The number of carbonyl (C=O) groups excluding carboxylic acids is 1. The van der Waals surface area contributed by atoms with Crippen molar-refractivity contribution in [2.24, 2.45) is 7.05 Å². The highest BCUT2D eigenvalue weighted by molar-refractivity contribution is 5.76. The standard InChI is InChI=1S/C14H22N6O/c1-5-20-9-16-17-13(20)8-15-14(21)7-6-12-10(2)18-19(4)11(12)3/h9H,5-8H2,1-4H3,(H,15,21). The Morgan fingerprint density at radius 1 is 1.38 bits per heavy atom. The largest absolute Gasteiger partial charge is 0.349 e. The summed E-state index contributed by atoms with van der Waals surface area (Å²) in [6.45, 7) is 7.23. The molecule has 0 unspecified atom stereocenters. The molecule has 0 saturated carbocycles. The zero-order valence-corrected chi connectivity index (χ0v) is 13.1. The first-order valence-electron chi connectivity index (χ1n) is 7.15. The summed E-state index contributed by atoms with van der Waals surface area (Å²) in [4.78, 5) is 11.9. The molecule has 0 aliphatic carbocycles. The predicted octanol–water partition coefficient (Wildman–Crippen LogP) is 0.897. The van der Waals surface area contributed by atoms with Crippen molar-refractivity contribution in [3.63, 3.8) is 0 Å². The van der Waals surface area contributed by atoms with Crippen LogP contribution in [-0.2, 0) is 31.4 Å². The maximum absolute atomic E-state index is 11.9. The van der Waals surface area contributed by atoms with Crippen molar-refractivity contribution in [2.45, 2.75) is 46.7 Å². The number of aryl methyl sites for hydroxylation is 3. The summed E-state index contributed by atoms with van der Waals surface area (Å²) in [5.74, 6) is 0.794. The van der Waals surface area contributed by atoms with Crippen LogP contribution in [0, 0.1) is 13.8 Å². The summed E-state index contributed by atoms with van der Waals surface area (Å²) in [7, 11) is 1.92. The van der Waals surface area contributed by atoms with Crippen LogP contribution in [0.3, 0.4) is 0 Å². The Kier molecular flexibility index (Phi) is 4.72. The van der Waals surface area contributed by atoms with Gasteiger partial charge in [0, 0.05) is 25.7 Å². The lowest BCUT2D eigenvalue weighted by molar-refractivity contribution is -0.121. The van der Waals surface area contributed by atoms with Crippen LogP contribution in [0.5, 0.6) is 0 Å². The van der Waals surface area contributed by atoms with Crippen molar-refractivity contribution in [3.8, 4) is 0 Å². The Morgan fingerprint density at radius 3 is 2.76 bits per heavy atom. The smallest absolute Gasteiger partial charge is 0.220 e. The van der Waals surface area contributed by atoms with E-state index in [2.05, 4.69) is 20.6 Å². The number of amides is 1. The average molecular weight is 290 g/mol. The molecule has 21 heavy (non-hydrogen) atoms. The number of rotatable bonds is 6. The molecule has 0 aliphatic rings. The zero-order valence-electron chi connectivity index (χ0n) is 13.1. The number of hydrogen-bond acceptors (Lipinski definition) is 4. The molecule has 2 heterocycles. The second-order valence-electron chi connectivity index (χ2n) is 5.08. The molecule has 2 rings (SSSR count). The summed E-state index contributed by atoms with van der Waals surface area (Å²) in [5.41, 5.74) is 3.27. The van der Waals surface area contributed by atoms with Crippen molar-refractivity contribution in [2.75, 3.05) is 0 Å². The molecule has 7 nitrogen and oxygen atoms in total. The van der Waals surface area contributed by atoms with E-state index >= 15 is 0 Å². The van der Waals surface area contributed by atoms with Gasteiger partial charge in [-0.25, -0.2) is 0 Å². The van der Waals surface area contributed by atoms with Crippen LogP contribution in [0.1, 0.15) is 36.1 Å². The quantitative estimate of drug-likeness (QED) is 0.857. The first kappa shape index (κ1) is 15.2. The second kappa shape index (κ2) is 6.51. The van der Waals surface area contributed by atoms with Gasteiger partial charge in [-0.2, -0.15) is 5.10 Å². The number of aromatic nitrogens is 5. The third kappa shape index (κ3) is 3.48. The van der Waals surface area contributed by atoms with Crippen molar-refractivity contribution in [3.05, 3.63) is 29.1 Å². The fourth-order valence-corrected chi connectivity index (χ4v) is 2.36. The molecular weight excluding hydrogens is 268 g/mol. The summed E-state index contributed by atoms with van der Waals surface area (Å²) < 4.78 is 3.77. The SMILES string of the molecule is CCn1cnnc1CNC(=O)CCc1c(C)nn(C)c1C. The molecule has 1 amide bonds. The third-order valence-corrected chi connectivity index (χ3v) is 3.74. The van der Waals surface area contributed by atoms with Gasteiger partial charge in [0.25, 0.3) is 0 Å². The van der Waals surface area contributed by atoms with E-state index in [4.69, 9.17) is 0 Å². The van der Waals surface area contributed by atoms with Crippen LogP contribution in [0.4, 0.5) is 0 Å². The minimum atomic E-state index is 0.0170. The summed E-state index contributed by atoms with van der Waals surface area (Å²) in [5, 5.41) is 15.1. The van der Waals surface area contributed by atoms with Gasteiger partial charge in [0.1, 0.15) is 6.33 Å². The van der Waals surface area contributed by atoms with E-state index < -0.39 is 0 Å². The van der Waals surface area contributed by atoms with Gasteiger partial charge in [0.2, 0.25) is 5.91 Å². The molecule has 0 fully saturated rings. The first-order chi connectivity index (χ1) is 10.0. The van der Waals surface area contributed by atoms with E-state index in [1.165, 1.54) is 0 Å². The Balaban J connectivity index is 1.85. The second-order valence-corrected chi connectivity index (χ2v) is 5.08. The van der Waals surface area contributed by atoms with Gasteiger partial charge in [0.05, 0.1) is 12.2 Å². The van der Waals surface area contributed by atoms with Gasteiger partial charge in [-0.1, -0.05) is 0 Å². The van der Waals surface area contributed by atoms with Crippen molar-refractivity contribution >= 4 is 5.91 Å². The highest BCUT2D eigenvalue weighted by Gasteiger charge is 2.12. The maximum atomic E-state index is 11.9. The fourth-order valence-electron chi connectivity index (χ4n) is 2.36. The zero-order chi connectivity index (χ0) is 15.4.